The number of halogens is 2. The molecule has 130 valence electrons. The van der Waals surface area contributed by atoms with Gasteiger partial charge in [0.25, 0.3) is 0 Å². The van der Waals surface area contributed by atoms with Crippen LogP contribution in [0.5, 0.6) is 0 Å². The van der Waals surface area contributed by atoms with Gasteiger partial charge in [-0.1, -0.05) is 12.1 Å². The van der Waals surface area contributed by atoms with E-state index < -0.39 is 15.8 Å². The summed E-state index contributed by atoms with van der Waals surface area (Å²) < 4.78 is 41.2. The standard InChI is InChI=1S/C17H15BrFN3O2S/c18-14-11-13(12-20)5-6-16(14)21-7-9-22(10-8-21)25(23,24)17-4-2-1-3-15(17)19/h1-6,11H,7-10H2. The molecule has 0 spiro atoms. The van der Waals surface area contributed by atoms with E-state index in [0.29, 0.717) is 18.7 Å². The Bertz CT molecular complexity index is 935. The lowest BCUT2D eigenvalue weighted by molar-refractivity contribution is 0.382. The van der Waals surface area contributed by atoms with Gasteiger partial charge in [-0.3, -0.25) is 0 Å². The molecule has 0 bridgehead atoms. The maximum Gasteiger partial charge on any atom is 0.246 e. The van der Waals surface area contributed by atoms with Crippen LogP contribution in [-0.4, -0.2) is 38.9 Å². The van der Waals surface area contributed by atoms with E-state index in [2.05, 4.69) is 22.0 Å². The summed E-state index contributed by atoms with van der Waals surface area (Å²) in [5.74, 6) is -0.736. The van der Waals surface area contributed by atoms with E-state index in [1.807, 2.05) is 11.0 Å². The molecule has 0 atom stereocenters. The van der Waals surface area contributed by atoms with Crippen LogP contribution in [-0.2, 0) is 10.0 Å². The number of hydrogen-bond acceptors (Lipinski definition) is 4. The van der Waals surface area contributed by atoms with Crippen molar-refractivity contribution in [3.05, 3.63) is 58.3 Å². The van der Waals surface area contributed by atoms with Crippen molar-refractivity contribution in [1.82, 2.24) is 4.31 Å². The molecule has 0 unspecified atom stereocenters. The Morgan fingerprint density at radius 1 is 1.08 bits per heavy atom. The maximum absolute atomic E-state index is 13.9. The van der Waals surface area contributed by atoms with Crippen molar-refractivity contribution < 1.29 is 12.8 Å². The van der Waals surface area contributed by atoms with Crippen LogP contribution in [0, 0.1) is 17.1 Å². The summed E-state index contributed by atoms with van der Waals surface area (Å²) in [5.41, 5.74) is 1.46. The van der Waals surface area contributed by atoms with Crippen molar-refractivity contribution in [2.24, 2.45) is 0 Å². The number of nitrogens with zero attached hydrogens (tertiary/aromatic N) is 3. The summed E-state index contributed by atoms with van der Waals surface area (Å²) in [5, 5.41) is 8.93. The fraction of sp³-hybridized carbons (Fsp3) is 0.235. The van der Waals surface area contributed by atoms with Crippen LogP contribution in [0.3, 0.4) is 0 Å². The first kappa shape index (κ1) is 17.9. The van der Waals surface area contributed by atoms with Crippen LogP contribution >= 0.6 is 15.9 Å². The van der Waals surface area contributed by atoms with Crippen molar-refractivity contribution in [2.45, 2.75) is 4.90 Å². The Balaban J connectivity index is 1.76. The molecule has 2 aromatic carbocycles. The van der Waals surface area contributed by atoms with Gasteiger partial charge in [0.2, 0.25) is 10.0 Å². The zero-order valence-electron chi connectivity index (χ0n) is 13.2. The van der Waals surface area contributed by atoms with Crippen molar-refractivity contribution in [1.29, 1.82) is 5.26 Å². The van der Waals surface area contributed by atoms with Gasteiger partial charge < -0.3 is 4.90 Å². The number of anilines is 1. The Morgan fingerprint density at radius 3 is 2.36 bits per heavy atom. The molecule has 1 aliphatic heterocycles. The van der Waals surface area contributed by atoms with Gasteiger partial charge in [0.1, 0.15) is 10.7 Å². The molecule has 2 aromatic rings. The molecule has 0 aliphatic carbocycles. The van der Waals surface area contributed by atoms with Gasteiger partial charge in [-0.25, -0.2) is 12.8 Å². The second-order valence-electron chi connectivity index (χ2n) is 5.60. The second-order valence-corrected chi connectivity index (χ2v) is 8.36. The highest BCUT2D eigenvalue weighted by Crippen LogP contribution is 2.29. The third-order valence-electron chi connectivity index (χ3n) is 4.11. The normalized spacial score (nSPS) is 15.8. The minimum absolute atomic E-state index is 0.267. The molecule has 25 heavy (non-hydrogen) atoms. The van der Waals surface area contributed by atoms with E-state index in [1.165, 1.54) is 22.5 Å². The maximum atomic E-state index is 13.9. The molecule has 0 N–H and O–H groups in total. The van der Waals surface area contributed by atoms with Crippen molar-refractivity contribution in [2.75, 3.05) is 31.1 Å². The Labute approximate surface area is 154 Å². The molecule has 1 heterocycles. The van der Waals surface area contributed by atoms with E-state index >= 15 is 0 Å². The van der Waals surface area contributed by atoms with E-state index in [-0.39, 0.29) is 18.0 Å². The van der Waals surface area contributed by atoms with Crippen LogP contribution in [0.2, 0.25) is 0 Å². The molecule has 0 radical (unpaired) electrons. The largest absolute Gasteiger partial charge is 0.368 e. The van der Waals surface area contributed by atoms with Crippen LogP contribution in [0.25, 0.3) is 0 Å². The molecule has 0 saturated carbocycles. The van der Waals surface area contributed by atoms with Crippen LogP contribution < -0.4 is 4.90 Å². The first-order valence-corrected chi connectivity index (χ1v) is 9.86. The molecular weight excluding hydrogens is 409 g/mol. The molecule has 5 nitrogen and oxygen atoms in total. The average Bonchev–Trinajstić information content (AvgIpc) is 2.62. The van der Waals surface area contributed by atoms with Crippen LogP contribution in [0.1, 0.15) is 5.56 Å². The van der Waals surface area contributed by atoms with Gasteiger partial charge in [0, 0.05) is 30.7 Å². The molecule has 1 fully saturated rings. The zero-order chi connectivity index (χ0) is 18.0. The third-order valence-corrected chi connectivity index (χ3v) is 6.68. The molecular formula is C17H15BrFN3O2S. The summed E-state index contributed by atoms with van der Waals surface area (Å²) in [7, 11) is -3.84. The average molecular weight is 424 g/mol. The zero-order valence-corrected chi connectivity index (χ0v) is 15.6. The van der Waals surface area contributed by atoms with Crippen LogP contribution in [0.15, 0.2) is 51.8 Å². The fourth-order valence-corrected chi connectivity index (χ4v) is 4.91. The van der Waals surface area contributed by atoms with E-state index in [0.717, 1.165) is 16.2 Å². The SMILES string of the molecule is N#Cc1ccc(N2CCN(S(=O)(=O)c3ccccc3F)CC2)c(Br)c1. The minimum atomic E-state index is -3.84. The summed E-state index contributed by atoms with van der Waals surface area (Å²) in [4.78, 5) is 1.75. The lowest BCUT2D eigenvalue weighted by Crippen LogP contribution is -2.48. The first-order chi connectivity index (χ1) is 11.9. The first-order valence-electron chi connectivity index (χ1n) is 7.63. The molecule has 1 saturated heterocycles. The monoisotopic (exact) mass is 423 g/mol. The highest BCUT2D eigenvalue weighted by Gasteiger charge is 2.30. The Morgan fingerprint density at radius 2 is 1.76 bits per heavy atom. The molecule has 1 aliphatic rings. The fourth-order valence-electron chi connectivity index (χ4n) is 2.80. The molecule has 0 amide bonds. The summed E-state index contributed by atoms with van der Waals surface area (Å²) >= 11 is 3.45. The minimum Gasteiger partial charge on any atom is -0.368 e. The summed E-state index contributed by atoms with van der Waals surface area (Å²) in [6.45, 7) is 1.50. The number of nitriles is 1. The predicted octanol–water partition coefficient (Wildman–Crippen LogP) is 2.97. The Hall–Kier alpha value is -1.95. The van der Waals surface area contributed by atoms with Crippen molar-refractivity contribution in [3.63, 3.8) is 0 Å². The van der Waals surface area contributed by atoms with Gasteiger partial charge >= 0.3 is 0 Å². The molecule has 0 aromatic heterocycles. The highest BCUT2D eigenvalue weighted by atomic mass is 79.9. The lowest BCUT2D eigenvalue weighted by Gasteiger charge is -2.35. The Kier molecular flexibility index (Phi) is 5.08. The van der Waals surface area contributed by atoms with Crippen molar-refractivity contribution >= 4 is 31.6 Å². The molecule has 8 heteroatoms. The number of piperazine rings is 1. The smallest absolute Gasteiger partial charge is 0.246 e. The number of benzene rings is 2. The second kappa shape index (κ2) is 7.12. The van der Waals surface area contributed by atoms with Gasteiger partial charge in [-0.05, 0) is 46.3 Å². The predicted molar refractivity (Wildman–Crippen MR) is 96.2 cm³/mol. The highest BCUT2D eigenvalue weighted by molar-refractivity contribution is 9.10. The van der Waals surface area contributed by atoms with E-state index in [9.17, 15) is 12.8 Å². The number of hydrogen-bond donors (Lipinski definition) is 0. The molecule has 3 rings (SSSR count). The summed E-state index contributed by atoms with van der Waals surface area (Å²) in [6, 6.07) is 12.8. The van der Waals surface area contributed by atoms with E-state index in [1.54, 1.807) is 12.1 Å². The van der Waals surface area contributed by atoms with Gasteiger partial charge in [0.05, 0.1) is 17.3 Å². The topological polar surface area (TPSA) is 64.4 Å². The van der Waals surface area contributed by atoms with Gasteiger partial charge in [0.15, 0.2) is 0 Å². The van der Waals surface area contributed by atoms with E-state index in [4.69, 9.17) is 5.26 Å². The van der Waals surface area contributed by atoms with Gasteiger partial charge in [-0.15, -0.1) is 0 Å². The van der Waals surface area contributed by atoms with Gasteiger partial charge in [-0.2, -0.15) is 9.57 Å². The van der Waals surface area contributed by atoms with Crippen molar-refractivity contribution in [3.8, 4) is 6.07 Å². The summed E-state index contributed by atoms with van der Waals surface area (Å²) in [6.07, 6.45) is 0. The van der Waals surface area contributed by atoms with Crippen LogP contribution in [0.4, 0.5) is 10.1 Å². The number of rotatable bonds is 3. The number of sulfonamides is 1. The quantitative estimate of drug-likeness (QED) is 0.760. The third kappa shape index (κ3) is 3.54. The lowest BCUT2D eigenvalue weighted by atomic mass is 10.2.